The number of hydrogen-bond donors (Lipinski definition) is 0. The largest absolute Gasteiger partial charge is 0.0985 e. The first-order chi connectivity index (χ1) is 7.63. The highest BCUT2D eigenvalue weighted by atomic mass is 14.3. The van der Waals surface area contributed by atoms with Gasteiger partial charge in [0.05, 0.1) is 0 Å². The van der Waals surface area contributed by atoms with Crippen LogP contribution in [0.2, 0.25) is 0 Å². The van der Waals surface area contributed by atoms with Gasteiger partial charge in [-0.25, -0.2) is 0 Å². The van der Waals surface area contributed by atoms with E-state index in [1.165, 1.54) is 17.6 Å². The summed E-state index contributed by atoms with van der Waals surface area (Å²) in [6, 6.07) is 10.0. The summed E-state index contributed by atoms with van der Waals surface area (Å²) in [6.07, 6.45) is 5.32. The van der Waals surface area contributed by atoms with Gasteiger partial charge >= 0.3 is 0 Å². The van der Waals surface area contributed by atoms with Crippen molar-refractivity contribution in [3.63, 3.8) is 0 Å². The molecule has 0 spiro atoms. The van der Waals surface area contributed by atoms with E-state index < -0.39 is 0 Å². The number of allylic oxidation sites excluding steroid dienone is 3. The molecule has 0 heteroatoms. The standard InChI is InChI=1S/C8H12.C8H8/c1-6(2)4-8-5-7(8)3;1-2-8-6-4-3-5-7-8/h4,7H,1,5H2,2-3H3;2-7H,1H2. The van der Waals surface area contributed by atoms with E-state index in [1.54, 1.807) is 5.57 Å². The highest BCUT2D eigenvalue weighted by Gasteiger charge is 2.22. The predicted molar refractivity (Wildman–Crippen MR) is 73.2 cm³/mol. The minimum Gasteiger partial charge on any atom is -0.0985 e. The summed E-state index contributed by atoms with van der Waals surface area (Å²) in [6.45, 7) is 11.7. The Morgan fingerprint density at radius 3 is 2.12 bits per heavy atom. The van der Waals surface area contributed by atoms with Crippen molar-refractivity contribution >= 4 is 6.08 Å². The van der Waals surface area contributed by atoms with Gasteiger partial charge in [-0.1, -0.05) is 73.7 Å². The maximum absolute atomic E-state index is 3.79. The monoisotopic (exact) mass is 212 g/mol. The summed E-state index contributed by atoms with van der Waals surface area (Å²) < 4.78 is 0. The van der Waals surface area contributed by atoms with Gasteiger partial charge in [-0.05, 0) is 24.8 Å². The molecule has 1 unspecified atom stereocenters. The Bertz CT molecular complexity index is 382. The highest BCUT2D eigenvalue weighted by molar-refractivity contribution is 5.45. The van der Waals surface area contributed by atoms with Crippen molar-refractivity contribution in [2.45, 2.75) is 20.3 Å². The Morgan fingerprint density at radius 1 is 1.31 bits per heavy atom. The van der Waals surface area contributed by atoms with Crippen LogP contribution in [0.4, 0.5) is 0 Å². The van der Waals surface area contributed by atoms with Gasteiger partial charge in [0.1, 0.15) is 0 Å². The molecule has 0 radical (unpaired) electrons. The second-order valence-electron chi connectivity index (χ2n) is 4.29. The molecule has 1 aliphatic rings. The third-order valence-electron chi connectivity index (χ3n) is 2.48. The van der Waals surface area contributed by atoms with Crippen LogP contribution in [0.15, 0.2) is 60.7 Å². The van der Waals surface area contributed by atoms with Crippen LogP contribution in [-0.2, 0) is 0 Å². The summed E-state index contributed by atoms with van der Waals surface area (Å²) in [5.41, 5.74) is 3.93. The molecule has 1 aromatic rings. The molecule has 2 rings (SSSR count). The Morgan fingerprint density at radius 2 is 1.88 bits per heavy atom. The molecule has 16 heavy (non-hydrogen) atoms. The van der Waals surface area contributed by atoms with E-state index >= 15 is 0 Å². The molecule has 1 saturated carbocycles. The van der Waals surface area contributed by atoms with E-state index in [1.807, 2.05) is 43.3 Å². The molecule has 1 atom stereocenters. The Labute approximate surface area is 99.0 Å². The molecule has 84 valence electrons. The zero-order valence-electron chi connectivity index (χ0n) is 10.2. The molecule has 0 aliphatic heterocycles. The van der Waals surface area contributed by atoms with Gasteiger partial charge in [0.15, 0.2) is 0 Å². The van der Waals surface area contributed by atoms with Crippen LogP contribution in [0.3, 0.4) is 0 Å². The van der Waals surface area contributed by atoms with Crippen molar-refractivity contribution in [1.82, 2.24) is 0 Å². The van der Waals surface area contributed by atoms with Gasteiger partial charge in [0.2, 0.25) is 0 Å². The van der Waals surface area contributed by atoms with Gasteiger partial charge in [-0.2, -0.15) is 0 Å². The lowest BCUT2D eigenvalue weighted by Crippen LogP contribution is -1.63. The second kappa shape index (κ2) is 6.12. The molecule has 1 aliphatic carbocycles. The van der Waals surface area contributed by atoms with Crippen LogP contribution in [0.5, 0.6) is 0 Å². The van der Waals surface area contributed by atoms with E-state index in [0.717, 1.165) is 5.92 Å². The van der Waals surface area contributed by atoms with Crippen molar-refractivity contribution < 1.29 is 0 Å². The minimum absolute atomic E-state index is 0.853. The maximum atomic E-state index is 3.79. The summed E-state index contributed by atoms with van der Waals surface area (Å²) >= 11 is 0. The lowest BCUT2D eigenvalue weighted by atomic mass is 10.2. The first-order valence-corrected chi connectivity index (χ1v) is 5.67. The topological polar surface area (TPSA) is 0 Å². The summed E-state index contributed by atoms with van der Waals surface area (Å²) in [7, 11) is 0. The lowest BCUT2D eigenvalue weighted by molar-refractivity contribution is 1.02. The fraction of sp³-hybridized carbons (Fsp3) is 0.250. The average Bonchev–Trinajstić information content (AvgIpc) is 2.95. The van der Waals surface area contributed by atoms with Crippen LogP contribution < -0.4 is 0 Å². The average molecular weight is 212 g/mol. The third-order valence-corrected chi connectivity index (χ3v) is 2.48. The van der Waals surface area contributed by atoms with Gasteiger partial charge in [0.25, 0.3) is 0 Å². The SMILES string of the molecule is C=C(C)C=C1CC1C.C=Cc1ccccc1. The molecule has 0 bridgehead atoms. The molecule has 0 saturated heterocycles. The van der Waals surface area contributed by atoms with Crippen molar-refractivity contribution in [1.29, 1.82) is 0 Å². The van der Waals surface area contributed by atoms with Gasteiger partial charge in [-0.3, -0.25) is 0 Å². The Hall–Kier alpha value is -1.56. The lowest BCUT2D eigenvalue weighted by Gasteiger charge is -1.85. The van der Waals surface area contributed by atoms with Crippen molar-refractivity contribution in [2.24, 2.45) is 5.92 Å². The molecule has 0 amide bonds. The summed E-state index contributed by atoms with van der Waals surface area (Å²) in [5, 5.41) is 0. The van der Waals surface area contributed by atoms with Crippen molar-refractivity contribution in [3.05, 3.63) is 66.3 Å². The van der Waals surface area contributed by atoms with Crippen LogP contribution >= 0.6 is 0 Å². The van der Waals surface area contributed by atoms with E-state index in [9.17, 15) is 0 Å². The zero-order chi connectivity index (χ0) is 12.0. The molecule has 1 aromatic carbocycles. The molecule has 0 aromatic heterocycles. The van der Waals surface area contributed by atoms with E-state index in [4.69, 9.17) is 0 Å². The molecule has 0 heterocycles. The maximum Gasteiger partial charge on any atom is -0.0191 e. The predicted octanol–water partition coefficient (Wildman–Crippen LogP) is 4.86. The number of hydrogen-bond acceptors (Lipinski definition) is 0. The first-order valence-electron chi connectivity index (χ1n) is 5.67. The summed E-state index contributed by atoms with van der Waals surface area (Å²) in [4.78, 5) is 0. The molecule has 1 fully saturated rings. The van der Waals surface area contributed by atoms with Crippen LogP contribution in [0, 0.1) is 5.92 Å². The van der Waals surface area contributed by atoms with Crippen LogP contribution in [0.1, 0.15) is 25.8 Å². The fourth-order valence-corrected chi connectivity index (χ4v) is 1.40. The number of benzene rings is 1. The quantitative estimate of drug-likeness (QED) is 0.657. The molecule has 0 nitrogen and oxygen atoms in total. The van der Waals surface area contributed by atoms with Gasteiger partial charge in [0, 0.05) is 0 Å². The normalized spacial score (nSPS) is 19.6. The van der Waals surface area contributed by atoms with E-state index in [-0.39, 0.29) is 0 Å². The third kappa shape index (κ3) is 4.79. The van der Waals surface area contributed by atoms with Crippen molar-refractivity contribution in [2.75, 3.05) is 0 Å². The fourth-order valence-electron chi connectivity index (χ4n) is 1.40. The Balaban J connectivity index is 0.000000160. The minimum atomic E-state index is 0.853. The smallest absolute Gasteiger partial charge is 0.0191 e. The van der Waals surface area contributed by atoms with Crippen LogP contribution in [0.25, 0.3) is 6.08 Å². The van der Waals surface area contributed by atoms with Crippen molar-refractivity contribution in [3.8, 4) is 0 Å². The molecular formula is C16H20. The molecule has 0 N–H and O–H groups in total. The van der Waals surface area contributed by atoms with Crippen LogP contribution in [-0.4, -0.2) is 0 Å². The zero-order valence-corrected chi connectivity index (χ0v) is 10.2. The number of rotatable bonds is 2. The molecular weight excluding hydrogens is 192 g/mol. The summed E-state index contributed by atoms with van der Waals surface area (Å²) in [5.74, 6) is 0.853. The van der Waals surface area contributed by atoms with Gasteiger partial charge < -0.3 is 0 Å². The Kier molecular flexibility index (Phi) is 4.78. The highest BCUT2D eigenvalue weighted by Crippen LogP contribution is 2.37. The first kappa shape index (κ1) is 12.5. The van der Waals surface area contributed by atoms with E-state index in [0.29, 0.717) is 0 Å². The second-order valence-corrected chi connectivity index (χ2v) is 4.29. The van der Waals surface area contributed by atoms with Gasteiger partial charge in [-0.15, -0.1) is 0 Å². The van der Waals surface area contributed by atoms with E-state index in [2.05, 4.69) is 26.2 Å².